The summed E-state index contributed by atoms with van der Waals surface area (Å²) in [5.41, 5.74) is 0.770. The molecule has 3 rings (SSSR count). The average Bonchev–Trinajstić information content (AvgIpc) is 2.72. The van der Waals surface area contributed by atoms with E-state index < -0.39 is 17.8 Å². The molecule has 1 N–H and O–H groups in total. The molecule has 0 bridgehead atoms. The minimum Gasteiger partial charge on any atom is -0.477 e. The number of nitrogens with zero attached hydrogens (tertiary/aromatic N) is 2. The van der Waals surface area contributed by atoms with Crippen molar-refractivity contribution in [1.29, 1.82) is 0 Å². The summed E-state index contributed by atoms with van der Waals surface area (Å²) in [4.78, 5) is 39.8. The highest BCUT2D eigenvalue weighted by atomic mass is 16.4. The lowest BCUT2D eigenvalue weighted by atomic mass is 10.1. The van der Waals surface area contributed by atoms with Gasteiger partial charge in [-0.3, -0.25) is 9.59 Å². The number of imide groups is 1. The molecule has 0 saturated heterocycles. The number of hydrogen-bond donors (Lipinski definition) is 1. The number of aromatic carboxylic acids is 1. The van der Waals surface area contributed by atoms with E-state index in [9.17, 15) is 14.4 Å². The van der Waals surface area contributed by atoms with E-state index in [1.54, 1.807) is 24.3 Å². The summed E-state index contributed by atoms with van der Waals surface area (Å²) in [5, 5.41) is 8.78. The van der Waals surface area contributed by atoms with Crippen molar-refractivity contribution in [3.05, 3.63) is 59.4 Å². The number of carbonyl (C=O) groups is 3. The molecule has 0 aliphatic carbocycles. The monoisotopic (exact) mass is 268 g/mol. The van der Waals surface area contributed by atoms with Crippen LogP contribution in [0.5, 0.6) is 0 Å². The first kappa shape index (κ1) is 12.0. The molecular formula is C14H8N2O4. The quantitative estimate of drug-likeness (QED) is 0.835. The molecule has 0 atom stereocenters. The average molecular weight is 268 g/mol. The number of carboxylic acids is 1. The van der Waals surface area contributed by atoms with Gasteiger partial charge in [-0.1, -0.05) is 12.1 Å². The molecule has 0 unspecified atom stereocenters. The molecule has 98 valence electrons. The van der Waals surface area contributed by atoms with Crippen LogP contribution >= 0.6 is 0 Å². The Kier molecular flexibility index (Phi) is 2.57. The van der Waals surface area contributed by atoms with Crippen molar-refractivity contribution in [1.82, 2.24) is 4.98 Å². The summed E-state index contributed by atoms with van der Waals surface area (Å²) in [5.74, 6) is -2.04. The van der Waals surface area contributed by atoms with Crippen LogP contribution in [0.2, 0.25) is 0 Å². The lowest BCUT2D eigenvalue weighted by molar-refractivity contribution is 0.0690. The largest absolute Gasteiger partial charge is 0.477 e. The molecule has 2 heterocycles. The summed E-state index contributed by atoms with van der Waals surface area (Å²) < 4.78 is 0. The first-order valence-corrected chi connectivity index (χ1v) is 5.77. The van der Waals surface area contributed by atoms with Gasteiger partial charge < -0.3 is 5.11 Å². The molecule has 0 fully saturated rings. The highest BCUT2D eigenvalue weighted by molar-refractivity contribution is 6.34. The lowest BCUT2D eigenvalue weighted by Crippen LogP contribution is -2.29. The summed E-state index contributed by atoms with van der Waals surface area (Å²) in [6, 6.07) is 9.15. The fourth-order valence-electron chi connectivity index (χ4n) is 2.07. The second kappa shape index (κ2) is 4.27. The fraction of sp³-hybridized carbons (Fsp3) is 0. The molecule has 0 radical (unpaired) electrons. The molecule has 1 aromatic carbocycles. The van der Waals surface area contributed by atoms with E-state index in [2.05, 4.69) is 4.98 Å². The van der Waals surface area contributed by atoms with E-state index >= 15 is 0 Å². The molecule has 6 nitrogen and oxygen atoms in total. The maximum Gasteiger partial charge on any atom is 0.354 e. The molecule has 6 heteroatoms. The summed E-state index contributed by atoms with van der Waals surface area (Å²) in [6.45, 7) is 0. The fourth-order valence-corrected chi connectivity index (χ4v) is 2.07. The number of anilines is 1. The van der Waals surface area contributed by atoms with Crippen LogP contribution in [-0.4, -0.2) is 27.9 Å². The van der Waals surface area contributed by atoms with Gasteiger partial charge in [0.05, 0.1) is 23.0 Å². The summed E-state index contributed by atoms with van der Waals surface area (Å²) in [7, 11) is 0. The number of aromatic nitrogens is 1. The first-order valence-electron chi connectivity index (χ1n) is 5.77. The third-order valence-corrected chi connectivity index (χ3v) is 3.02. The van der Waals surface area contributed by atoms with Crippen LogP contribution in [0.25, 0.3) is 0 Å². The van der Waals surface area contributed by atoms with Gasteiger partial charge in [-0.25, -0.2) is 14.7 Å². The molecule has 1 aliphatic heterocycles. The normalized spacial score (nSPS) is 13.5. The highest BCUT2D eigenvalue weighted by Gasteiger charge is 2.36. The molecule has 1 aromatic heterocycles. The predicted molar refractivity (Wildman–Crippen MR) is 68.8 cm³/mol. The zero-order chi connectivity index (χ0) is 14.3. The van der Waals surface area contributed by atoms with Gasteiger partial charge in [0, 0.05) is 0 Å². The van der Waals surface area contributed by atoms with Crippen LogP contribution in [0.1, 0.15) is 31.2 Å². The molecule has 0 spiro atoms. The van der Waals surface area contributed by atoms with Crippen molar-refractivity contribution in [3.63, 3.8) is 0 Å². The second-order valence-electron chi connectivity index (χ2n) is 4.20. The zero-order valence-corrected chi connectivity index (χ0v) is 10.1. The van der Waals surface area contributed by atoms with Crippen molar-refractivity contribution >= 4 is 23.5 Å². The van der Waals surface area contributed by atoms with Gasteiger partial charge in [-0.2, -0.15) is 0 Å². The molecular weight excluding hydrogens is 260 g/mol. The van der Waals surface area contributed by atoms with E-state index in [1.807, 2.05) is 0 Å². The van der Waals surface area contributed by atoms with Crippen molar-refractivity contribution in [2.24, 2.45) is 0 Å². The lowest BCUT2D eigenvalue weighted by Gasteiger charge is -2.13. The van der Waals surface area contributed by atoms with Gasteiger partial charge in [-0.05, 0) is 24.3 Å². The number of benzene rings is 1. The SMILES string of the molecule is O=C(O)c1ccc(N2C(=O)c3ccccc3C2=O)cn1. The maximum atomic E-state index is 12.2. The Morgan fingerprint density at radius 3 is 2.05 bits per heavy atom. The van der Waals surface area contributed by atoms with Gasteiger partial charge in [-0.15, -0.1) is 0 Å². The minimum absolute atomic E-state index is 0.148. The van der Waals surface area contributed by atoms with Crippen LogP contribution in [-0.2, 0) is 0 Å². The van der Waals surface area contributed by atoms with Crippen molar-refractivity contribution < 1.29 is 19.5 Å². The van der Waals surface area contributed by atoms with Crippen LogP contribution in [0.15, 0.2) is 42.6 Å². The third-order valence-electron chi connectivity index (χ3n) is 3.02. The van der Waals surface area contributed by atoms with Crippen LogP contribution in [0.3, 0.4) is 0 Å². The Hall–Kier alpha value is -3.02. The van der Waals surface area contributed by atoms with Gasteiger partial charge in [0.25, 0.3) is 11.8 Å². The molecule has 0 saturated carbocycles. The third kappa shape index (κ3) is 1.66. The van der Waals surface area contributed by atoms with E-state index in [4.69, 9.17) is 5.11 Å². The number of hydrogen-bond acceptors (Lipinski definition) is 4. The highest BCUT2D eigenvalue weighted by Crippen LogP contribution is 2.27. The molecule has 2 amide bonds. The van der Waals surface area contributed by atoms with Gasteiger partial charge in [0.2, 0.25) is 0 Å². The summed E-state index contributed by atoms with van der Waals surface area (Å²) in [6.07, 6.45) is 1.20. The van der Waals surface area contributed by atoms with Crippen LogP contribution < -0.4 is 4.90 Å². The van der Waals surface area contributed by atoms with Crippen molar-refractivity contribution in [2.45, 2.75) is 0 Å². The Labute approximate surface area is 113 Å². The summed E-state index contributed by atoms with van der Waals surface area (Å²) >= 11 is 0. The number of fused-ring (bicyclic) bond motifs is 1. The number of carboxylic acid groups (broad SMARTS) is 1. The van der Waals surface area contributed by atoms with Gasteiger partial charge >= 0.3 is 5.97 Å². The standard InChI is InChI=1S/C14H8N2O4/c17-12-9-3-1-2-4-10(9)13(18)16(12)8-5-6-11(14(19)20)15-7-8/h1-7H,(H,19,20). The molecule has 1 aliphatic rings. The number of rotatable bonds is 2. The van der Waals surface area contributed by atoms with Crippen molar-refractivity contribution in [3.8, 4) is 0 Å². The Morgan fingerprint density at radius 1 is 1.00 bits per heavy atom. The van der Waals surface area contributed by atoms with E-state index in [0.717, 1.165) is 4.90 Å². The Balaban J connectivity index is 2.02. The van der Waals surface area contributed by atoms with Crippen molar-refractivity contribution in [2.75, 3.05) is 4.90 Å². The molecule has 2 aromatic rings. The van der Waals surface area contributed by atoms with E-state index in [0.29, 0.717) is 11.1 Å². The first-order chi connectivity index (χ1) is 9.59. The zero-order valence-electron chi connectivity index (χ0n) is 10.1. The van der Waals surface area contributed by atoms with Gasteiger partial charge in [0.15, 0.2) is 0 Å². The number of carbonyl (C=O) groups excluding carboxylic acids is 2. The Morgan fingerprint density at radius 2 is 1.60 bits per heavy atom. The number of amides is 2. The number of pyridine rings is 1. The van der Waals surface area contributed by atoms with Crippen LogP contribution in [0.4, 0.5) is 5.69 Å². The topological polar surface area (TPSA) is 87.6 Å². The van der Waals surface area contributed by atoms with E-state index in [-0.39, 0.29) is 11.4 Å². The van der Waals surface area contributed by atoms with Crippen LogP contribution in [0, 0.1) is 0 Å². The smallest absolute Gasteiger partial charge is 0.354 e. The molecule has 20 heavy (non-hydrogen) atoms. The Bertz CT molecular complexity index is 702. The predicted octanol–water partition coefficient (Wildman–Crippen LogP) is 1.58. The second-order valence-corrected chi connectivity index (χ2v) is 4.20. The minimum atomic E-state index is -1.17. The van der Waals surface area contributed by atoms with Gasteiger partial charge in [0.1, 0.15) is 5.69 Å². The van der Waals surface area contributed by atoms with E-state index in [1.165, 1.54) is 18.3 Å². The maximum absolute atomic E-state index is 12.2.